The Morgan fingerprint density at radius 3 is 2.31 bits per heavy atom. The van der Waals surface area contributed by atoms with Crippen LogP contribution < -0.4 is 10.6 Å². The van der Waals surface area contributed by atoms with E-state index in [0.717, 1.165) is 17.1 Å². The summed E-state index contributed by atoms with van der Waals surface area (Å²) in [6.07, 6.45) is 0. The van der Waals surface area contributed by atoms with Gasteiger partial charge in [-0.25, -0.2) is 9.97 Å². The number of aromatic nitrogens is 2. The minimum absolute atomic E-state index is 0.391. The SMILES string of the molecule is Cc1nc(CN)nc(N(C)C)c1C. The van der Waals surface area contributed by atoms with Crippen LogP contribution >= 0.6 is 0 Å². The van der Waals surface area contributed by atoms with Crippen molar-refractivity contribution < 1.29 is 0 Å². The van der Waals surface area contributed by atoms with E-state index in [4.69, 9.17) is 5.73 Å². The number of hydrogen-bond donors (Lipinski definition) is 1. The van der Waals surface area contributed by atoms with Gasteiger partial charge in [-0.15, -0.1) is 0 Å². The highest BCUT2D eigenvalue weighted by molar-refractivity contribution is 5.46. The van der Waals surface area contributed by atoms with Crippen LogP contribution in [0, 0.1) is 13.8 Å². The van der Waals surface area contributed by atoms with Gasteiger partial charge in [0.1, 0.15) is 11.6 Å². The van der Waals surface area contributed by atoms with Crippen molar-refractivity contribution >= 4 is 5.82 Å². The summed E-state index contributed by atoms with van der Waals surface area (Å²) in [4.78, 5) is 10.6. The van der Waals surface area contributed by atoms with Crippen LogP contribution in [-0.4, -0.2) is 24.1 Å². The largest absolute Gasteiger partial charge is 0.362 e. The molecule has 0 amide bonds. The minimum Gasteiger partial charge on any atom is -0.362 e. The number of rotatable bonds is 2. The lowest BCUT2D eigenvalue weighted by atomic mass is 10.2. The fourth-order valence-corrected chi connectivity index (χ4v) is 1.20. The second-order valence-corrected chi connectivity index (χ2v) is 3.27. The maximum atomic E-state index is 5.49. The third-order valence-corrected chi connectivity index (χ3v) is 2.02. The molecule has 13 heavy (non-hydrogen) atoms. The molecule has 1 aromatic heterocycles. The van der Waals surface area contributed by atoms with Crippen molar-refractivity contribution in [1.29, 1.82) is 0 Å². The Labute approximate surface area is 78.8 Å². The predicted molar refractivity (Wildman–Crippen MR) is 53.7 cm³/mol. The minimum atomic E-state index is 0.391. The zero-order valence-corrected chi connectivity index (χ0v) is 8.63. The zero-order chi connectivity index (χ0) is 10.0. The number of nitrogens with zero attached hydrogens (tertiary/aromatic N) is 3. The molecule has 0 aliphatic carbocycles. The molecular weight excluding hydrogens is 164 g/mol. The molecule has 1 rings (SSSR count). The van der Waals surface area contributed by atoms with Crippen molar-refractivity contribution in [3.8, 4) is 0 Å². The van der Waals surface area contributed by atoms with E-state index in [0.29, 0.717) is 12.4 Å². The van der Waals surface area contributed by atoms with Crippen molar-refractivity contribution in [2.45, 2.75) is 20.4 Å². The summed E-state index contributed by atoms with van der Waals surface area (Å²) >= 11 is 0. The quantitative estimate of drug-likeness (QED) is 0.724. The van der Waals surface area contributed by atoms with Crippen molar-refractivity contribution in [1.82, 2.24) is 9.97 Å². The Balaban J connectivity index is 3.25. The highest BCUT2D eigenvalue weighted by atomic mass is 15.2. The van der Waals surface area contributed by atoms with Crippen LogP contribution in [0.25, 0.3) is 0 Å². The lowest BCUT2D eigenvalue weighted by molar-refractivity contribution is 0.864. The molecule has 0 aromatic carbocycles. The molecule has 0 saturated heterocycles. The molecule has 0 spiro atoms. The Morgan fingerprint density at radius 1 is 1.23 bits per heavy atom. The summed E-state index contributed by atoms with van der Waals surface area (Å²) in [5.41, 5.74) is 7.61. The van der Waals surface area contributed by atoms with Crippen LogP contribution in [-0.2, 0) is 6.54 Å². The molecule has 2 N–H and O–H groups in total. The zero-order valence-electron chi connectivity index (χ0n) is 8.63. The van der Waals surface area contributed by atoms with Gasteiger partial charge in [0.2, 0.25) is 0 Å². The molecule has 0 aliphatic heterocycles. The molecule has 4 nitrogen and oxygen atoms in total. The van der Waals surface area contributed by atoms with E-state index in [-0.39, 0.29) is 0 Å². The first-order valence-electron chi connectivity index (χ1n) is 4.27. The van der Waals surface area contributed by atoms with Crippen LogP contribution in [0.3, 0.4) is 0 Å². The summed E-state index contributed by atoms with van der Waals surface area (Å²) < 4.78 is 0. The maximum absolute atomic E-state index is 5.49. The van der Waals surface area contributed by atoms with E-state index in [1.165, 1.54) is 0 Å². The van der Waals surface area contributed by atoms with E-state index < -0.39 is 0 Å². The second-order valence-electron chi connectivity index (χ2n) is 3.27. The number of aryl methyl sites for hydroxylation is 1. The first kappa shape index (κ1) is 9.92. The van der Waals surface area contributed by atoms with Crippen molar-refractivity contribution in [2.24, 2.45) is 5.73 Å². The fourth-order valence-electron chi connectivity index (χ4n) is 1.20. The van der Waals surface area contributed by atoms with Gasteiger partial charge in [0.15, 0.2) is 0 Å². The molecule has 1 heterocycles. The van der Waals surface area contributed by atoms with Crippen LogP contribution in [0.5, 0.6) is 0 Å². The molecule has 0 unspecified atom stereocenters. The Kier molecular flexibility index (Phi) is 2.83. The van der Waals surface area contributed by atoms with Crippen molar-refractivity contribution in [2.75, 3.05) is 19.0 Å². The molecule has 0 saturated carbocycles. The van der Waals surface area contributed by atoms with Crippen molar-refractivity contribution in [3.63, 3.8) is 0 Å². The normalized spacial score (nSPS) is 10.2. The second kappa shape index (κ2) is 3.70. The first-order chi connectivity index (χ1) is 6.06. The van der Waals surface area contributed by atoms with Gasteiger partial charge in [-0.2, -0.15) is 0 Å². The van der Waals surface area contributed by atoms with Gasteiger partial charge in [0, 0.05) is 25.4 Å². The molecule has 0 radical (unpaired) electrons. The van der Waals surface area contributed by atoms with Gasteiger partial charge >= 0.3 is 0 Å². The van der Waals surface area contributed by atoms with Crippen molar-refractivity contribution in [3.05, 3.63) is 17.1 Å². The van der Waals surface area contributed by atoms with E-state index in [1.807, 2.05) is 32.8 Å². The lowest BCUT2D eigenvalue weighted by Crippen LogP contribution is -2.16. The highest BCUT2D eigenvalue weighted by Gasteiger charge is 2.07. The van der Waals surface area contributed by atoms with Gasteiger partial charge in [-0.1, -0.05) is 0 Å². The standard InChI is InChI=1S/C9H16N4/c1-6-7(2)11-8(5-10)12-9(6)13(3)4/h5,10H2,1-4H3. The molecule has 0 fully saturated rings. The third kappa shape index (κ3) is 1.95. The summed E-state index contributed by atoms with van der Waals surface area (Å²) in [6.45, 7) is 4.39. The number of anilines is 1. The summed E-state index contributed by atoms with van der Waals surface area (Å²) in [5.74, 6) is 1.65. The van der Waals surface area contributed by atoms with Gasteiger partial charge in [0.05, 0.1) is 6.54 Å². The Morgan fingerprint density at radius 2 is 1.85 bits per heavy atom. The Bertz CT molecular complexity index is 307. The van der Waals surface area contributed by atoms with Gasteiger partial charge in [0.25, 0.3) is 0 Å². The summed E-state index contributed by atoms with van der Waals surface area (Å²) in [7, 11) is 3.93. The van der Waals surface area contributed by atoms with E-state index >= 15 is 0 Å². The average molecular weight is 180 g/mol. The predicted octanol–water partition coefficient (Wildman–Crippen LogP) is 0.618. The number of hydrogen-bond acceptors (Lipinski definition) is 4. The van der Waals surface area contributed by atoms with Crippen LogP contribution in [0.2, 0.25) is 0 Å². The topological polar surface area (TPSA) is 55.0 Å². The van der Waals surface area contributed by atoms with Gasteiger partial charge in [-0.3, -0.25) is 0 Å². The molecule has 0 atom stereocenters. The van der Waals surface area contributed by atoms with Gasteiger partial charge < -0.3 is 10.6 Å². The maximum Gasteiger partial charge on any atom is 0.144 e. The molecule has 0 bridgehead atoms. The Hall–Kier alpha value is -1.16. The van der Waals surface area contributed by atoms with Crippen LogP contribution in [0.4, 0.5) is 5.82 Å². The fraction of sp³-hybridized carbons (Fsp3) is 0.556. The first-order valence-corrected chi connectivity index (χ1v) is 4.27. The monoisotopic (exact) mass is 180 g/mol. The molecule has 72 valence electrons. The smallest absolute Gasteiger partial charge is 0.144 e. The molecule has 1 aromatic rings. The van der Waals surface area contributed by atoms with E-state index in [9.17, 15) is 0 Å². The van der Waals surface area contributed by atoms with Crippen LogP contribution in [0.1, 0.15) is 17.1 Å². The van der Waals surface area contributed by atoms with Crippen LogP contribution in [0.15, 0.2) is 0 Å². The van der Waals surface area contributed by atoms with E-state index in [1.54, 1.807) is 0 Å². The number of nitrogens with two attached hydrogens (primary N) is 1. The molecular formula is C9H16N4. The highest BCUT2D eigenvalue weighted by Crippen LogP contribution is 2.16. The molecule has 4 heteroatoms. The average Bonchev–Trinajstić information content (AvgIpc) is 2.09. The molecule has 0 aliphatic rings. The van der Waals surface area contributed by atoms with E-state index in [2.05, 4.69) is 9.97 Å². The third-order valence-electron chi connectivity index (χ3n) is 2.02. The lowest BCUT2D eigenvalue weighted by Gasteiger charge is -2.16. The summed E-state index contributed by atoms with van der Waals surface area (Å²) in [6, 6.07) is 0. The summed E-state index contributed by atoms with van der Waals surface area (Å²) in [5, 5.41) is 0. The van der Waals surface area contributed by atoms with Gasteiger partial charge in [-0.05, 0) is 13.8 Å².